The van der Waals surface area contributed by atoms with Crippen molar-refractivity contribution in [2.24, 2.45) is 11.7 Å². The Bertz CT molecular complexity index is 388. The fraction of sp³-hybridized carbons (Fsp3) is 0.538. The highest BCUT2D eigenvalue weighted by Gasteiger charge is 2.18. The summed E-state index contributed by atoms with van der Waals surface area (Å²) in [5.41, 5.74) is 6.41. The molecule has 1 aromatic rings. The highest BCUT2D eigenvalue weighted by molar-refractivity contribution is 5.28. The molecular weight excluding hydrogens is 214 g/mol. The van der Waals surface area contributed by atoms with E-state index in [-0.39, 0.29) is 0 Å². The molecule has 1 aromatic heterocycles. The lowest BCUT2D eigenvalue weighted by molar-refractivity contribution is 0.195. The minimum atomic E-state index is 0.374. The minimum Gasteiger partial charge on any atom is -0.477 e. The van der Waals surface area contributed by atoms with Gasteiger partial charge in [0.15, 0.2) is 0 Å². The standard InChI is InChI=1S/C13H17N3O/c14-7-11-3-6-13(16-8-11)17-9-10-1-4-12(15)5-2-10/h3,6,8,10,12H,1-2,4-5,9,15H2. The molecule has 0 unspecified atom stereocenters. The first-order valence-corrected chi connectivity index (χ1v) is 6.02. The second-order valence-electron chi connectivity index (χ2n) is 4.59. The molecule has 0 aliphatic heterocycles. The first-order chi connectivity index (χ1) is 8.28. The van der Waals surface area contributed by atoms with E-state index in [0.717, 1.165) is 25.7 Å². The van der Waals surface area contributed by atoms with Gasteiger partial charge >= 0.3 is 0 Å². The van der Waals surface area contributed by atoms with Crippen LogP contribution < -0.4 is 10.5 Å². The van der Waals surface area contributed by atoms with Crippen molar-refractivity contribution in [3.63, 3.8) is 0 Å². The molecule has 0 amide bonds. The average Bonchev–Trinajstić information content (AvgIpc) is 2.39. The molecule has 2 rings (SSSR count). The van der Waals surface area contributed by atoms with Gasteiger partial charge in [-0.15, -0.1) is 0 Å². The summed E-state index contributed by atoms with van der Waals surface area (Å²) in [6, 6.07) is 5.87. The fourth-order valence-corrected chi connectivity index (χ4v) is 2.09. The van der Waals surface area contributed by atoms with Gasteiger partial charge < -0.3 is 10.5 Å². The predicted octanol–water partition coefficient (Wildman–Crippen LogP) is 1.85. The van der Waals surface area contributed by atoms with Crippen LogP contribution in [0.3, 0.4) is 0 Å². The summed E-state index contributed by atoms with van der Waals surface area (Å²) in [5, 5.41) is 8.64. The van der Waals surface area contributed by atoms with Crippen LogP contribution in [-0.4, -0.2) is 17.6 Å². The third kappa shape index (κ3) is 3.43. The van der Waals surface area contributed by atoms with Gasteiger partial charge in [-0.1, -0.05) is 0 Å². The van der Waals surface area contributed by atoms with Crippen LogP contribution in [0.15, 0.2) is 18.3 Å². The van der Waals surface area contributed by atoms with E-state index >= 15 is 0 Å². The summed E-state index contributed by atoms with van der Waals surface area (Å²) < 4.78 is 5.62. The maximum atomic E-state index is 8.64. The number of rotatable bonds is 3. The summed E-state index contributed by atoms with van der Waals surface area (Å²) >= 11 is 0. The molecule has 1 heterocycles. The Hall–Kier alpha value is -1.60. The maximum absolute atomic E-state index is 8.64. The van der Waals surface area contributed by atoms with Crippen LogP contribution in [-0.2, 0) is 0 Å². The second kappa shape index (κ2) is 5.65. The number of pyridine rings is 1. The third-order valence-electron chi connectivity index (χ3n) is 3.22. The molecule has 1 aliphatic carbocycles. The number of nitrogens with zero attached hydrogens (tertiary/aromatic N) is 2. The zero-order valence-electron chi connectivity index (χ0n) is 9.80. The lowest BCUT2D eigenvalue weighted by atomic mass is 9.87. The summed E-state index contributed by atoms with van der Waals surface area (Å²) in [4.78, 5) is 4.08. The smallest absolute Gasteiger partial charge is 0.213 e. The van der Waals surface area contributed by atoms with Crippen LogP contribution in [0, 0.1) is 17.2 Å². The molecule has 4 heteroatoms. The van der Waals surface area contributed by atoms with Crippen LogP contribution in [0.1, 0.15) is 31.2 Å². The van der Waals surface area contributed by atoms with E-state index in [9.17, 15) is 0 Å². The van der Waals surface area contributed by atoms with E-state index in [1.54, 1.807) is 12.1 Å². The maximum Gasteiger partial charge on any atom is 0.213 e. The molecule has 1 aliphatic rings. The van der Waals surface area contributed by atoms with E-state index < -0.39 is 0 Å². The molecule has 0 saturated heterocycles. The number of nitriles is 1. The van der Waals surface area contributed by atoms with Crippen LogP contribution in [0.4, 0.5) is 0 Å². The van der Waals surface area contributed by atoms with Crippen molar-refractivity contribution in [3.8, 4) is 11.9 Å². The Morgan fingerprint density at radius 2 is 2.12 bits per heavy atom. The molecule has 0 bridgehead atoms. The van der Waals surface area contributed by atoms with E-state index in [2.05, 4.69) is 4.98 Å². The van der Waals surface area contributed by atoms with Crippen molar-refractivity contribution < 1.29 is 4.74 Å². The third-order valence-corrected chi connectivity index (χ3v) is 3.22. The number of ether oxygens (including phenoxy) is 1. The van der Waals surface area contributed by atoms with Crippen molar-refractivity contribution in [1.29, 1.82) is 5.26 Å². The Labute approximate surface area is 101 Å². The zero-order chi connectivity index (χ0) is 12.1. The van der Waals surface area contributed by atoms with E-state index in [1.807, 2.05) is 6.07 Å². The molecule has 0 atom stereocenters. The highest BCUT2D eigenvalue weighted by atomic mass is 16.5. The largest absolute Gasteiger partial charge is 0.477 e. The van der Waals surface area contributed by atoms with Crippen LogP contribution in [0.25, 0.3) is 0 Å². The number of hydrogen-bond donors (Lipinski definition) is 1. The van der Waals surface area contributed by atoms with Gasteiger partial charge in [0.05, 0.1) is 12.2 Å². The molecule has 1 fully saturated rings. The summed E-state index contributed by atoms with van der Waals surface area (Å²) in [6.45, 7) is 0.700. The number of aromatic nitrogens is 1. The minimum absolute atomic E-state index is 0.374. The molecule has 0 spiro atoms. The number of hydrogen-bond acceptors (Lipinski definition) is 4. The quantitative estimate of drug-likeness (QED) is 0.861. The molecule has 0 radical (unpaired) electrons. The molecule has 1 saturated carbocycles. The molecule has 4 nitrogen and oxygen atoms in total. The zero-order valence-corrected chi connectivity index (χ0v) is 9.80. The SMILES string of the molecule is N#Cc1ccc(OCC2CCC(N)CC2)nc1. The van der Waals surface area contributed by atoms with Gasteiger partial charge in [0.25, 0.3) is 0 Å². The van der Waals surface area contributed by atoms with Gasteiger partial charge in [0, 0.05) is 18.3 Å². The summed E-state index contributed by atoms with van der Waals surface area (Å²) in [6.07, 6.45) is 5.99. The van der Waals surface area contributed by atoms with Gasteiger partial charge in [-0.3, -0.25) is 0 Å². The average molecular weight is 231 g/mol. The number of nitrogens with two attached hydrogens (primary N) is 1. The normalized spacial score (nSPS) is 24.0. The van der Waals surface area contributed by atoms with E-state index in [4.69, 9.17) is 15.7 Å². The van der Waals surface area contributed by atoms with Gasteiger partial charge in [-0.2, -0.15) is 5.26 Å². The monoisotopic (exact) mass is 231 g/mol. The topological polar surface area (TPSA) is 71.9 Å². The van der Waals surface area contributed by atoms with E-state index in [1.165, 1.54) is 6.20 Å². The van der Waals surface area contributed by atoms with Gasteiger partial charge in [-0.05, 0) is 37.7 Å². The lowest BCUT2D eigenvalue weighted by Gasteiger charge is -2.25. The van der Waals surface area contributed by atoms with Crippen molar-refractivity contribution in [2.45, 2.75) is 31.7 Å². The predicted molar refractivity (Wildman–Crippen MR) is 64.4 cm³/mol. The van der Waals surface area contributed by atoms with Crippen molar-refractivity contribution in [1.82, 2.24) is 4.98 Å². The van der Waals surface area contributed by atoms with Crippen LogP contribution in [0.2, 0.25) is 0 Å². The van der Waals surface area contributed by atoms with Gasteiger partial charge in [0.2, 0.25) is 5.88 Å². The van der Waals surface area contributed by atoms with Gasteiger partial charge in [0.1, 0.15) is 6.07 Å². The second-order valence-corrected chi connectivity index (χ2v) is 4.59. The molecule has 2 N–H and O–H groups in total. The first-order valence-electron chi connectivity index (χ1n) is 6.02. The Morgan fingerprint density at radius 3 is 2.71 bits per heavy atom. The molecule has 90 valence electrons. The fourth-order valence-electron chi connectivity index (χ4n) is 2.09. The molecule has 0 aromatic carbocycles. The van der Waals surface area contributed by atoms with Crippen LogP contribution >= 0.6 is 0 Å². The molecule has 17 heavy (non-hydrogen) atoms. The Morgan fingerprint density at radius 1 is 1.35 bits per heavy atom. The lowest BCUT2D eigenvalue weighted by Crippen LogP contribution is -2.28. The van der Waals surface area contributed by atoms with Crippen LogP contribution in [0.5, 0.6) is 5.88 Å². The Kier molecular flexibility index (Phi) is 3.94. The summed E-state index contributed by atoms with van der Waals surface area (Å²) in [5.74, 6) is 1.19. The van der Waals surface area contributed by atoms with E-state index in [0.29, 0.717) is 30.0 Å². The Balaban J connectivity index is 1.79. The van der Waals surface area contributed by atoms with Gasteiger partial charge in [-0.25, -0.2) is 4.98 Å². The van der Waals surface area contributed by atoms with Crippen molar-refractivity contribution in [3.05, 3.63) is 23.9 Å². The molecular formula is C13H17N3O. The summed E-state index contributed by atoms with van der Waals surface area (Å²) in [7, 11) is 0. The highest BCUT2D eigenvalue weighted by Crippen LogP contribution is 2.23. The van der Waals surface area contributed by atoms with Crippen molar-refractivity contribution >= 4 is 0 Å². The van der Waals surface area contributed by atoms with Crippen molar-refractivity contribution in [2.75, 3.05) is 6.61 Å². The first kappa shape index (κ1) is 11.9.